The molecule has 1 aromatic heterocycles. The number of aromatic hydroxyl groups is 1. The van der Waals surface area contributed by atoms with Crippen LogP contribution in [0.1, 0.15) is 38.5 Å². The van der Waals surface area contributed by atoms with Gasteiger partial charge in [-0.3, -0.25) is 4.79 Å². The summed E-state index contributed by atoms with van der Waals surface area (Å²) in [7, 11) is 4.62. The molecule has 0 saturated carbocycles. The Labute approximate surface area is 160 Å². The largest absolute Gasteiger partial charge is 0.502 e. The lowest BCUT2D eigenvalue weighted by atomic mass is 9.90. The van der Waals surface area contributed by atoms with Crippen molar-refractivity contribution in [2.75, 3.05) is 21.3 Å². The van der Waals surface area contributed by atoms with Crippen molar-refractivity contribution in [1.82, 2.24) is 0 Å². The summed E-state index contributed by atoms with van der Waals surface area (Å²) < 4.78 is 22.0. The van der Waals surface area contributed by atoms with E-state index in [-0.39, 0.29) is 34.0 Å². The fourth-order valence-electron chi connectivity index (χ4n) is 3.67. The third-order valence-corrected chi connectivity index (χ3v) is 5.15. The van der Waals surface area contributed by atoms with Gasteiger partial charge in [-0.2, -0.15) is 0 Å². The topological polar surface area (TPSA) is 78.1 Å². The molecule has 1 N–H and O–H groups in total. The van der Waals surface area contributed by atoms with Gasteiger partial charge in [0.15, 0.2) is 16.8 Å². The molecule has 150 valence electrons. The first-order valence-corrected chi connectivity index (χ1v) is 9.19. The first kappa shape index (κ1) is 21.1. The van der Waals surface area contributed by atoms with E-state index in [0.717, 1.165) is 6.42 Å². The van der Waals surface area contributed by atoms with Gasteiger partial charge in [0.05, 0.1) is 20.3 Å². The van der Waals surface area contributed by atoms with E-state index >= 15 is 0 Å². The number of methoxy groups -OCH3 is 3. The fourth-order valence-corrected chi connectivity index (χ4v) is 3.67. The van der Waals surface area contributed by atoms with Crippen molar-refractivity contribution in [1.29, 1.82) is 0 Å². The number of ether oxygens (including phenoxy) is 3. The van der Waals surface area contributed by atoms with Crippen molar-refractivity contribution in [2.45, 2.75) is 46.6 Å². The lowest BCUT2D eigenvalue weighted by Gasteiger charge is -2.26. The molecule has 0 amide bonds. The summed E-state index contributed by atoms with van der Waals surface area (Å²) in [5.41, 5.74) is 0.411. The zero-order valence-electron chi connectivity index (χ0n) is 17.2. The number of rotatable bonds is 8. The number of phenolic OH excluding ortho intramolecular Hbond substituents is 1. The number of fused-ring (bicyclic) bond motifs is 1. The Morgan fingerprint density at radius 2 is 1.74 bits per heavy atom. The van der Waals surface area contributed by atoms with Gasteiger partial charge in [-0.25, -0.2) is 0 Å². The average Bonchev–Trinajstić information content (AvgIpc) is 2.64. The molecular weight excluding hydrogens is 348 g/mol. The second-order valence-corrected chi connectivity index (χ2v) is 7.27. The molecule has 0 radical (unpaired) electrons. The van der Waals surface area contributed by atoms with Crippen LogP contribution in [-0.4, -0.2) is 32.5 Å². The monoisotopic (exact) mass is 378 g/mol. The summed E-state index contributed by atoms with van der Waals surface area (Å²) in [5, 5.41) is 10.7. The van der Waals surface area contributed by atoms with Gasteiger partial charge in [0.25, 0.3) is 0 Å². The molecule has 0 aliphatic rings. The summed E-state index contributed by atoms with van der Waals surface area (Å²) in [5.74, 6) is 1.57. The molecule has 1 heterocycles. The third-order valence-electron chi connectivity index (χ3n) is 5.15. The van der Waals surface area contributed by atoms with Crippen molar-refractivity contribution in [3.63, 3.8) is 0 Å². The molecule has 2 rings (SSSR count). The van der Waals surface area contributed by atoms with Gasteiger partial charge in [-0.15, -0.1) is 0 Å². The Morgan fingerprint density at radius 1 is 1.11 bits per heavy atom. The summed E-state index contributed by atoms with van der Waals surface area (Å²) in [4.78, 5) is 12.9. The number of phenols is 1. The lowest BCUT2D eigenvalue weighted by Crippen LogP contribution is -2.26. The minimum Gasteiger partial charge on any atom is -0.502 e. The van der Waals surface area contributed by atoms with E-state index in [9.17, 15) is 9.90 Å². The summed E-state index contributed by atoms with van der Waals surface area (Å²) in [6, 6.07) is 1.49. The van der Waals surface area contributed by atoms with Crippen LogP contribution >= 0.6 is 0 Å². The van der Waals surface area contributed by atoms with E-state index in [0.29, 0.717) is 35.3 Å². The van der Waals surface area contributed by atoms with E-state index in [4.69, 9.17) is 18.6 Å². The minimum atomic E-state index is -0.208. The second kappa shape index (κ2) is 8.65. The van der Waals surface area contributed by atoms with E-state index < -0.39 is 0 Å². The highest BCUT2D eigenvalue weighted by Gasteiger charge is 2.24. The van der Waals surface area contributed by atoms with Crippen molar-refractivity contribution in [3.05, 3.63) is 27.6 Å². The molecule has 2 aromatic rings. The van der Waals surface area contributed by atoms with Crippen LogP contribution in [0, 0.1) is 18.8 Å². The predicted molar refractivity (Wildman–Crippen MR) is 105 cm³/mol. The van der Waals surface area contributed by atoms with Crippen LogP contribution in [0.15, 0.2) is 15.3 Å². The van der Waals surface area contributed by atoms with Crippen LogP contribution < -0.4 is 14.9 Å². The number of benzene rings is 1. The van der Waals surface area contributed by atoms with E-state index in [1.807, 2.05) is 0 Å². The van der Waals surface area contributed by atoms with Crippen LogP contribution in [0.3, 0.4) is 0 Å². The van der Waals surface area contributed by atoms with Gasteiger partial charge in [0.1, 0.15) is 16.9 Å². The Hall–Kier alpha value is -2.21. The molecule has 0 bridgehead atoms. The first-order valence-electron chi connectivity index (χ1n) is 9.19. The Balaban J connectivity index is 2.48. The standard InChI is InChI=1S/C21H30O6/c1-11(2)20(26-7)12(3)8-9-14-13(4)18(22)17-15(24-5)10-16(25-6)19(23)21(17)27-14/h10-12,20,23H,8-9H2,1-7H3/t12-,20+/m0/s1. The molecule has 1 aromatic carbocycles. The highest BCUT2D eigenvalue weighted by Crippen LogP contribution is 2.40. The number of hydrogen-bond donors (Lipinski definition) is 1. The van der Waals surface area contributed by atoms with Gasteiger partial charge in [-0.05, 0) is 25.2 Å². The summed E-state index contributed by atoms with van der Waals surface area (Å²) in [6.07, 6.45) is 1.50. The van der Waals surface area contributed by atoms with Gasteiger partial charge >= 0.3 is 0 Å². The molecule has 2 atom stereocenters. The lowest BCUT2D eigenvalue weighted by molar-refractivity contribution is 0.0201. The van der Waals surface area contributed by atoms with E-state index in [1.54, 1.807) is 14.0 Å². The molecule has 0 aliphatic carbocycles. The van der Waals surface area contributed by atoms with Crippen LogP contribution in [0.2, 0.25) is 0 Å². The summed E-state index contributed by atoms with van der Waals surface area (Å²) >= 11 is 0. The van der Waals surface area contributed by atoms with Crippen LogP contribution in [0.5, 0.6) is 17.2 Å². The normalized spacial score (nSPS) is 13.8. The molecule has 0 fully saturated rings. The van der Waals surface area contributed by atoms with E-state index in [2.05, 4.69) is 20.8 Å². The Morgan fingerprint density at radius 3 is 2.26 bits per heavy atom. The fraction of sp³-hybridized carbons (Fsp3) is 0.571. The maximum Gasteiger partial charge on any atom is 0.202 e. The van der Waals surface area contributed by atoms with Crippen LogP contribution in [0.4, 0.5) is 0 Å². The number of hydrogen-bond acceptors (Lipinski definition) is 6. The molecule has 0 spiro atoms. The highest BCUT2D eigenvalue weighted by atomic mass is 16.5. The zero-order chi connectivity index (χ0) is 20.3. The van der Waals surface area contributed by atoms with Gasteiger partial charge in [-0.1, -0.05) is 20.8 Å². The molecule has 6 nitrogen and oxygen atoms in total. The third kappa shape index (κ3) is 4.05. The number of aryl methyl sites for hydroxylation is 1. The molecule has 0 aliphatic heterocycles. The molecule has 0 saturated heterocycles. The molecule has 27 heavy (non-hydrogen) atoms. The van der Waals surface area contributed by atoms with Crippen LogP contribution in [-0.2, 0) is 11.2 Å². The Bertz CT molecular complexity index is 852. The van der Waals surface area contributed by atoms with Gasteiger partial charge in [0, 0.05) is 25.2 Å². The summed E-state index contributed by atoms with van der Waals surface area (Å²) in [6.45, 7) is 8.12. The van der Waals surface area contributed by atoms with Crippen molar-refractivity contribution < 1.29 is 23.7 Å². The Kier molecular flexibility index (Phi) is 6.76. The van der Waals surface area contributed by atoms with Crippen molar-refractivity contribution >= 4 is 11.0 Å². The molecule has 0 unspecified atom stereocenters. The minimum absolute atomic E-state index is 0.0941. The van der Waals surface area contributed by atoms with Crippen molar-refractivity contribution in [3.8, 4) is 17.2 Å². The van der Waals surface area contributed by atoms with Gasteiger partial charge < -0.3 is 23.7 Å². The smallest absolute Gasteiger partial charge is 0.202 e. The zero-order valence-corrected chi connectivity index (χ0v) is 17.2. The van der Waals surface area contributed by atoms with Gasteiger partial charge in [0.2, 0.25) is 5.75 Å². The molecular formula is C21H30O6. The highest BCUT2D eigenvalue weighted by molar-refractivity contribution is 5.91. The van der Waals surface area contributed by atoms with E-state index in [1.165, 1.54) is 20.3 Å². The quantitative estimate of drug-likeness (QED) is 0.746. The molecule has 6 heteroatoms. The first-order chi connectivity index (χ1) is 12.8. The average molecular weight is 378 g/mol. The SMILES string of the molecule is COc1cc(OC)c2c(=O)c(C)c(CC[C@H](C)[C@H](OC)C(C)C)oc2c1O. The second-order valence-electron chi connectivity index (χ2n) is 7.27. The predicted octanol–water partition coefficient (Wildman–Crippen LogP) is 4.06. The maximum absolute atomic E-state index is 12.9. The van der Waals surface area contributed by atoms with Crippen molar-refractivity contribution in [2.24, 2.45) is 11.8 Å². The van der Waals surface area contributed by atoms with Crippen LogP contribution in [0.25, 0.3) is 11.0 Å². The maximum atomic E-state index is 12.9.